The Morgan fingerprint density at radius 1 is 0.224 bits per heavy atom. The van der Waals surface area contributed by atoms with Gasteiger partial charge in [-0.3, -0.25) is 0 Å². The average Bonchev–Trinajstić information content (AvgIpc) is 3.59. The molecule has 0 aromatic carbocycles. The first-order valence-corrected chi connectivity index (χ1v) is 69.1. The minimum atomic E-state index is -2.19. The molecule has 11 heteroatoms. The van der Waals surface area contributed by atoms with Crippen LogP contribution in [-0.2, 0) is 0 Å². The molecule has 2 fully saturated rings. The third kappa shape index (κ3) is 8.78. The van der Waals surface area contributed by atoms with Gasteiger partial charge in [0.15, 0.2) is 0 Å². The van der Waals surface area contributed by atoms with Crippen molar-refractivity contribution in [1.29, 1.82) is 0 Å². The number of hydrogen-bond donors (Lipinski definition) is 0. The molecule has 0 unspecified atom stereocenters. The van der Waals surface area contributed by atoms with Crippen LogP contribution in [0.1, 0.15) is 192 Å². The van der Waals surface area contributed by atoms with Gasteiger partial charge in [0.25, 0.3) is 0 Å². The Morgan fingerprint density at radius 3 is 0.388 bits per heavy atom. The van der Waals surface area contributed by atoms with Crippen molar-refractivity contribution in [3.63, 3.8) is 0 Å². The van der Waals surface area contributed by atoms with Crippen LogP contribution in [0.3, 0.4) is 0 Å². The quantitative estimate of drug-likeness (QED) is 0.213. The van der Waals surface area contributed by atoms with Gasteiger partial charge in [0.2, 0.25) is 0 Å². The Morgan fingerprint density at radius 2 is 0.313 bits per heavy atom. The fourth-order valence-corrected chi connectivity index (χ4v) is 376. The number of hydrogen-bond acceptors (Lipinski definition) is 0. The van der Waals surface area contributed by atoms with Crippen LogP contribution in [0.25, 0.3) is 0 Å². The van der Waals surface area contributed by atoms with E-state index in [1.165, 1.54) is 0 Å². The van der Waals surface area contributed by atoms with Crippen LogP contribution in [-0.4, -0.2) is 98.7 Å². The normalized spacial score (nSPS) is 21.6. The minimum absolute atomic E-state index is 0.303. The van der Waals surface area contributed by atoms with Crippen molar-refractivity contribution in [3.8, 4) is 0 Å². The summed E-state index contributed by atoms with van der Waals surface area (Å²) in [5.74, 6) is 0. The fourth-order valence-electron chi connectivity index (χ4n) is 15.8. The maximum atomic E-state index is 3.11. The second-order valence-electron chi connectivity index (χ2n) is 36.5. The van der Waals surface area contributed by atoms with Gasteiger partial charge < -0.3 is 0 Å². The third-order valence-corrected chi connectivity index (χ3v) is 218. The molecule has 2 aliphatic heterocycles. The average molecular weight is 1240 g/mol. The molecule has 67 heavy (non-hydrogen) atoms. The van der Waals surface area contributed by atoms with Crippen molar-refractivity contribution in [2.45, 2.75) is 351 Å². The Kier molecular flexibility index (Phi) is 17.8. The van der Waals surface area contributed by atoms with Gasteiger partial charge in [-0.25, -0.2) is 0 Å². The maximum absolute atomic E-state index is 3.11. The summed E-state index contributed by atoms with van der Waals surface area (Å²) < 4.78 is 2.57. The zero-order chi connectivity index (χ0) is 54.7. The van der Waals surface area contributed by atoms with Crippen LogP contribution in [0, 0.1) is 0 Å². The van der Waals surface area contributed by atoms with Gasteiger partial charge in [-0.1, -0.05) is 0 Å². The van der Waals surface area contributed by atoms with Crippen LogP contribution in [0.4, 0.5) is 0 Å². The standard InChI is InChI=1S/C56H128Ge3Si8/c1-45(2,3)60(25,26)53(61(27,28)46(4,5)6)41-42-54(62(29,30)47(7,8)9,63(31,32)48(10,11)12)58(53)57-59-55(64(33,34)49(13,14)15,65(35,36)50(16,17)18)43-44-56(59,66(37,38)51(19,20)21)67(39,40)52(22,23)24/h41-44H2,1-40H3. The second kappa shape index (κ2) is 18.0. The summed E-state index contributed by atoms with van der Waals surface area (Å²) in [7, 11) is -16.4. The Balaban J connectivity index is 4.56. The molecule has 0 spiro atoms. The van der Waals surface area contributed by atoms with E-state index in [1.807, 2.05) is 0 Å². The Labute approximate surface area is 445 Å². The van der Waals surface area contributed by atoms with Gasteiger partial charge in [0.1, 0.15) is 0 Å². The molecule has 396 valence electrons. The van der Waals surface area contributed by atoms with Crippen molar-refractivity contribution < 1.29 is 0 Å². The Bertz CT molecular complexity index is 1540. The molecule has 0 saturated carbocycles. The van der Waals surface area contributed by atoms with E-state index >= 15 is 0 Å². The zero-order valence-electron chi connectivity index (χ0n) is 54.3. The molecule has 0 aromatic rings. The van der Waals surface area contributed by atoms with E-state index in [-0.39, 0.29) is 10.4 Å². The van der Waals surface area contributed by atoms with E-state index in [9.17, 15) is 0 Å². The van der Waals surface area contributed by atoms with E-state index in [4.69, 9.17) is 0 Å². The third-order valence-electron chi connectivity index (χ3n) is 27.2. The predicted octanol–water partition coefficient (Wildman–Crippen LogP) is 21.6. The second-order valence-corrected chi connectivity index (χ2v) is 130. The molecule has 2 rings (SSSR count). The van der Waals surface area contributed by atoms with Crippen LogP contribution in [0.2, 0.25) is 159 Å². The van der Waals surface area contributed by atoms with Crippen molar-refractivity contribution in [2.24, 2.45) is 0 Å². The summed E-state index contributed by atoms with van der Waals surface area (Å²) >= 11 is -4.38. The molecule has 0 amide bonds. The topological polar surface area (TPSA) is 0 Å². The summed E-state index contributed by atoms with van der Waals surface area (Å²) in [5, 5.41) is 2.97. The van der Waals surface area contributed by atoms with Crippen LogP contribution < -0.4 is 0 Å². The van der Waals surface area contributed by atoms with Crippen molar-refractivity contribution in [3.05, 3.63) is 0 Å². The molecule has 2 aliphatic rings. The molecule has 0 radical (unpaired) electrons. The molecule has 2 heterocycles. The van der Waals surface area contributed by atoms with Gasteiger partial charge in [-0.2, -0.15) is 0 Å². The number of rotatable bonds is 8. The first-order chi connectivity index (χ1) is 28.4. The van der Waals surface area contributed by atoms with E-state index in [2.05, 4.69) is 271 Å². The van der Waals surface area contributed by atoms with E-state index in [0.717, 1.165) is 0 Å². The van der Waals surface area contributed by atoms with Crippen molar-refractivity contribution in [2.75, 3.05) is 0 Å². The summed E-state index contributed by atoms with van der Waals surface area (Å²) in [4.78, 5) is 0. The van der Waals surface area contributed by atoms with Gasteiger partial charge in [0.05, 0.1) is 0 Å². The molecule has 2 saturated heterocycles. The van der Waals surface area contributed by atoms with E-state index in [1.54, 1.807) is 25.7 Å². The SMILES string of the molecule is CC(C)(C)[Si](C)(C)[C]1([Si](C)(C)C(C)(C)C)CC[C]([Si](C)(C)C(C)(C)C)([Si](C)(C)C(C)(C)C)[Ge]1=[Ge]=[Ge]1[C]([Si](C)(C)C(C)(C)C)([Si](C)(C)C(C)(C)C)CC[C]1([Si](C)(C)C(C)(C)C)[Si](C)(C)C(C)(C)C. The van der Waals surface area contributed by atoms with Gasteiger partial charge in [-0.05, 0) is 0 Å². The van der Waals surface area contributed by atoms with Crippen LogP contribution >= 0.6 is 0 Å². The molecule has 0 aliphatic carbocycles. The van der Waals surface area contributed by atoms with Gasteiger partial charge in [-0.15, -0.1) is 0 Å². The molecule has 0 nitrogen and oxygen atoms in total. The van der Waals surface area contributed by atoms with Crippen LogP contribution in [0.15, 0.2) is 0 Å². The fraction of sp³-hybridized carbons (Fsp3) is 1.00. The molecule has 0 bridgehead atoms. The summed E-state index contributed by atoms with van der Waals surface area (Å²) in [6.45, 7) is 118. The van der Waals surface area contributed by atoms with Crippen LogP contribution in [0.5, 0.6) is 0 Å². The van der Waals surface area contributed by atoms with Crippen molar-refractivity contribution >= 4 is 98.7 Å². The van der Waals surface area contributed by atoms with E-state index in [0.29, 0.717) is 54.3 Å². The molecular formula is C56H128Ge3Si8. The summed E-state index contributed by atoms with van der Waals surface area (Å²) in [5.41, 5.74) is 0. The Hall–Kier alpha value is 3.36. The summed E-state index contributed by atoms with van der Waals surface area (Å²) in [6.07, 6.45) is 6.52. The molecule has 0 atom stereocenters. The molecule has 0 N–H and O–H groups in total. The monoisotopic (exact) mass is 1250 g/mol. The first-order valence-electron chi connectivity index (χ1n) is 27.9. The molecular weight excluding hydrogens is 1120 g/mol. The zero-order valence-corrected chi connectivity index (χ0v) is 68.6. The predicted molar refractivity (Wildman–Crippen MR) is 344 cm³/mol. The van der Waals surface area contributed by atoms with Gasteiger partial charge >= 0.3 is 450 Å². The molecule has 0 aromatic heterocycles. The summed E-state index contributed by atoms with van der Waals surface area (Å²) in [6, 6.07) is 0. The van der Waals surface area contributed by atoms with Gasteiger partial charge in [0, 0.05) is 0 Å². The first kappa shape index (κ1) is 66.5. The van der Waals surface area contributed by atoms with Crippen molar-refractivity contribution in [1.82, 2.24) is 0 Å². The van der Waals surface area contributed by atoms with E-state index < -0.39 is 88.3 Å².